The number of morpholine rings is 1. The van der Waals surface area contributed by atoms with Gasteiger partial charge in [0.1, 0.15) is 5.69 Å². The van der Waals surface area contributed by atoms with Crippen LogP contribution >= 0.6 is 0 Å². The Morgan fingerprint density at radius 3 is 2.91 bits per heavy atom. The molecule has 1 atom stereocenters. The van der Waals surface area contributed by atoms with Crippen LogP contribution in [0.1, 0.15) is 10.5 Å². The van der Waals surface area contributed by atoms with Crippen LogP contribution in [0.5, 0.6) is 0 Å². The summed E-state index contributed by atoms with van der Waals surface area (Å²) in [7, 11) is 3.99. The fourth-order valence-corrected chi connectivity index (χ4v) is 2.70. The summed E-state index contributed by atoms with van der Waals surface area (Å²) in [6.07, 6.45) is 1.56. The second kappa shape index (κ2) is 6.37. The molecule has 1 saturated heterocycles. The molecule has 116 valence electrons. The summed E-state index contributed by atoms with van der Waals surface area (Å²) >= 11 is 0. The standard InChI is InChI=1S/C16H20N4O2/c1-19(2)10-12-11-22-8-7-20(12)16(21)15-9-17-13-5-3-4-6-14(13)18-15/h3-6,9,12H,7-8,10-11H2,1-2H3/t12-/m1/s1. The van der Waals surface area contributed by atoms with Gasteiger partial charge in [-0.05, 0) is 26.2 Å². The number of hydrogen-bond donors (Lipinski definition) is 0. The first-order valence-electron chi connectivity index (χ1n) is 7.40. The van der Waals surface area contributed by atoms with E-state index in [9.17, 15) is 4.79 Å². The summed E-state index contributed by atoms with van der Waals surface area (Å²) < 4.78 is 5.51. The van der Waals surface area contributed by atoms with Gasteiger partial charge in [-0.3, -0.25) is 9.78 Å². The van der Waals surface area contributed by atoms with Crippen molar-refractivity contribution < 1.29 is 9.53 Å². The van der Waals surface area contributed by atoms with Crippen molar-refractivity contribution in [2.45, 2.75) is 6.04 Å². The number of amides is 1. The lowest BCUT2D eigenvalue weighted by Crippen LogP contribution is -2.52. The van der Waals surface area contributed by atoms with Gasteiger partial charge in [0.25, 0.3) is 5.91 Å². The molecule has 22 heavy (non-hydrogen) atoms. The van der Waals surface area contributed by atoms with Crippen LogP contribution < -0.4 is 0 Å². The first-order valence-corrected chi connectivity index (χ1v) is 7.40. The third kappa shape index (κ3) is 3.08. The Bertz CT molecular complexity index is 674. The Kier molecular flexibility index (Phi) is 4.31. The van der Waals surface area contributed by atoms with Gasteiger partial charge in [-0.2, -0.15) is 0 Å². The number of benzene rings is 1. The highest BCUT2D eigenvalue weighted by atomic mass is 16.5. The lowest BCUT2D eigenvalue weighted by molar-refractivity contribution is -0.00859. The van der Waals surface area contributed by atoms with E-state index in [-0.39, 0.29) is 11.9 Å². The summed E-state index contributed by atoms with van der Waals surface area (Å²) in [5, 5.41) is 0. The summed E-state index contributed by atoms with van der Waals surface area (Å²) in [5.74, 6) is -0.0756. The number of hydrogen-bond acceptors (Lipinski definition) is 5. The second-order valence-electron chi connectivity index (χ2n) is 5.73. The minimum Gasteiger partial charge on any atom is -0.377 e. The van der Waals surface area contributed by atoms with Gasteiger partial charge in [-0.15, -0.1) is 0 Å². The van der Waals surface area contributed by atoms with Crippen LogP contribution in [0.4, 0.5) is 0 Å². The molecule has 0 N–H and O–H groups in total. The summed E-state index contributed by atoms with van der Waals surface area (Å²) in [6, 6.07) is 7.61. The smallest absolute Gasteiger partial charge is 0.274 e. The first kappa shape index (κ1) is 14.9. The number of ether oxygens (including phenoxy) is 1. The summed E-state index contributed by atoms with van der Waals surface area (Å²) in [6.45, 7) is 2.49. The zero-order valence-corrected chi connectivity index (χ0v) is 12.9. The molecule has 0 saturated carbocycles. The molecular formula is C16H20N4O2. The average Bonchev–Trinajstić information content (AvgIpc) is 2.54. The molecule has 0 bridgehead atoms. The Morgan fingerprint density at radius 1 is 1.36 bits per heavy atom. The van der Waals surface area contributed by atoms with E-state index in [2.05, 4.69) is 14.9 Å². The van der Waals surface area contributed by atoms with Gasteiger partial charge in [-0.25, -0.2) is 4.98 Å². The fourth-order valence-electron chi connectivity index (χ4n) is 2.70. The molecule has 1 aliphatic heterocycles. The van der Waals surface area contributed by atoms with Crippen molar-refractivity contribution in [3.63, 3.8) is 0 Å². The molecule has 6 nitrogen and oxygen atoms in total. The van der Waals surface area contributed by atoms with Gasteiger partial charge in [0.15, 0.2) is 0 Å². The quantitative estimate of drug-likeness (QED) is 0.847. The summed E-state index contributed by atoms with van der Waals surface area (Å²) in [4.78, 5) is 25.5. The Labute approximate surface area is 129 Å². The fraction of sp³-hybridized carbons (Fsp3) is 0.438. The highest BCUT2D eigenvalue weighted by Gasteiger charge is 2.29. The number of aromatic nitrogens is 2. The second-order valence-corrected chi connectivity index (χ2v) is 5.73. The Balaban J connectivity index is 1.86. The molecule has 3 rings (SSSR count). The van der Waals surface area contributed by atoms with Gasteiger partial charge >= 0.3 is 0 Å². The molecule has 0 aliphatic carbocycles. The van der Waals surface area contributed by atoms with E-state index in [0.717, 1.165) is 17.6 Å². The highest BCUT2D eigenvalue weighted by molar-refractivity contribution is 5.94. The third-order valence-electron chi connectivity index (χ3n) is 3.73. The van der Waals surface area contributed by atoms with E-state index in [4.69, 9.17) is 4.74 Å². The van der Waals surface area contributed by atoms with E-state index in [0.29, 0.717) is 25.5 Å². The van der Waals surface area contributed by atoms with Gasteiger partial charge in [0, 0.05) is 13.1 Å². The zero-order valence-electron chi connectivity index (χ0n) is 12.9. The molecule has 6 heteroatoms. The molecule has 1 fully saturated rings. The molecule has 1 amide bonds. The number of likely N-dealkylation sites (N-methyl/N-ethyl adjacent to an activating group) is 1. The number of carbonyl (C=O) groups is 1. The van der Waals surface area contributed by atoms with E-state index < -0.39 is 0 Å². The maximum Gasteiger partial charge on any atom is 0.274 e. The van der Waals surface area contributed by atoms with Crippen molar-refractivity contribution in [1.29, 1.82) is 0 Å². The van der Waals surface area contributed by atoms with Gasteiger partial charge in [-0.1, -0.05) is 12.1 Å². The van der Waals surface area contributed by atoms with Crippen LogP contribution in [0.15, 0.2) is 30.5 Å². The first-order chi connectivity index (χ1) is 10.6. The van der Waals surface area contributed by atoms with Crippen LogP contribution in [0.2, 0.25) is 0 Å². The monoisotopic (exact) mass is 300 g/mol. The third-order valence-corrected chi connectivity index (χ3v) is 3.73. The zero-order chi connectivity index (χ0) is 15.5. The number of carbonyl (C=O) groups excluding carboxylic acids is 1. The number of para-hydroxylation sites is 2. The molecule has 1 aromatic heterocycles. The Hall–Kier alpha value is -2.05. The van der Waals surface area contributed by atoms with E-state index in [1.165, 1.54) is 0 Å². The van der Waals surface area contributed by atoms with Crippen LogP contribution in [-0.4, -0.2) is 72.1 Å². The Morgan fingerprint density at radius 2 is 2.14 bits per heavy atom. The van der Waals surface area contributed by atoms with Crippen LogP contribution in [0.3, 0.4) is 0 Å². The molecule has 1 aliphatic rings. The maximum absolute atomic E-state index is 12.8. The molecular weight excluding hydrogens is 280 g/mol. The SMILES string of the molecule is CN(C)C[C@@H]1COCCN1C(=O)c1cnc2ccccc2n1. The van der Waals surface area contributed by atoms with Crippen molar-refractivity contribution in [2.24, 2.45) is 0 Å². The van der Waals surface area contributed by atoms with Crippen molar-refractivity contribution in [3.8, 4) is 0 Å². The van der Waals surface area contributed by atoms with Crippen LogP contribution in [-0.2, 0) is 4.74 Å². The van der Waals surface area contributed by atoms with E-state index in [1.54, 1.807) is 6.20 Å². The lowest BCUT2D eigenvalue weighted by Gasteiger charge is -2.36. The summed E-state index contributed by atoms with van der Waals surface area (Å²) in [5.41, 5.74) is 1.93. The number of nitrogens with zero attached hydrogens (tertiary/aromatic N) is 4. The van der Waals surface area contributed by atoms with Crippen molar-refractivity contribution in [2.75, 3.05) is 40.4 Å². The highest BCUT2D eigenvalue weighted by Crippen LogP contribution is 2.14. The predicted molar refractivity (Wildman–Crippen MR) is 83.7 cm³/mol. The van der Waals surface area contributed by atoms with E-state index >= 15 is 0 Å². The van der Waals surface area contributed by atoms with Crippen molar-refractivity contribution in [1.82, 2.24) is 19.8 Å². The van der Waals surface area contributed by atoms with Crippen molar-refractivity contribution >= 4 is 16.9 Å². The molecule has 2 heterocycles. The number of rotatable bonds is 3. The molecule has 0 unspecified atom stereocenters. The van der Waals surface area contributed by atoms with Crippen molar-refractivity contribution in [3.05, 3.63) is 36.2 Å². The lowest BCUT2D eigenvalue weighted by atomic mass is 10.2. The van der Waals surface area contributed by atoms with E-state index in [1.807, 2.05) is 43.3 Å². The van der Waals surface area contributed by atoms with Gasteiger partial charge in [0.2, 0.25) is 0 Å². The topological polar surface area (TPSA) is 58.6 Å². The minimum absolute atomic E-state index is 0.0459. The van der Waals surface area contributed by atoms with Crippen LogP contribution in [0.25, 0.3) is 11.0 Å². The molecule has 0 spiro atoms. The van der Waals surface area contributed by atoms with Crippen LogP contribution in [0, 0.1) is 0 Å². The molecule has 0 radical (unpaired) electrons. The maximum atomic E-state index is 12.8. The largest absolute Gasteiger partial charge is 0.377 e. The predicted octanol–water partition coefficient (Wildman–Crippen LogP) is 1.03. The molecule has 1 aromatic carbocycles. The minimum atomic E-state index is -0.0756. The number of fused-ring (bicyclic) bond motifs is 1. The molecule has 2 aromatic rings. The van der Waals surface area contributed by atoms with Gasteiger partial charge < -0.3 is 14.5 Å². The normalized spacial score (nSPS) is 18.9. The average molecular weight is 300 g/mol. The van der Waals surface area contributed by atoms with Gasteiger partial charge in [0.05, 0.1) is 36.5 Å².